The lowest BCUT2D eigenvalue weighted by atomic mass is 10.2. The second kappa shape index (κ2) is 7.06. The van der Waals surface area contributed by atoms with Gasteiger partial charge in [-0.05, 0) is 59.1 Å². The van der Waals surface area contributed by atoms with Crippen LogP contribution in [0.1, 0.15) is 28.7 Å². The van der Waals surface area contributed by atoms with E-state index in [2.05, 4.69) is 26.2 Å². The van der Waals surface area contributed by atoms with Crippen molar-refractivity contribution in [3.63, 3.8) is 0 Å². The molecular formula is C18H17BrClN3O2. The first kappa shape index (κ1) is 17.8. The number of carbonyl (C=O) groups is 1. The molecule has 25 heavy (non-hydrogen) atoms. The zero-order valence-electron chi connectivity index (χ0n) is 14.1. The van der Waals surface area contributed by atoms with Gasteiger partial charge in [-0.25, -0.2) is 4.98 Å². The number of hydrogen-bond acceptors (Lipinski definition) is 3. The summed E-state index contributed by atoms with van der Waals surface area (Å²) in [6.07, 6.45) is 2.54. The number of ether oxygens (including phenoxy) is 1. The van der Waals surface area contributed by atoms with Crippen LogP contribution < -0.4 is 10.1 Å². The van der Waals surface area contributed by atoms with E-state index >= 15 is 0 Å². The zero-order chi connectivity index (χ0) is 18.1. The molecule has 1 amide bonds. The molecule has 0 unspecified atom stereocenters. The third kappa shape index (κ3) is 3.37. The summed E-state index contributed by atoms with van der Waals surface area (Å²) in [6.45, 7) is 3.94. The van der Waals surface area contributed by atoms with Crippen LogP contribution in [0.3, 0.4) is 0 Å². The van der Waals surface area contributed by atoms with Crippen LogP contribution in [0.2, 0.25) is 5.02 Å². The van der Waals surface area contributed by atoms with Crippen LogP contribution in [-0.2, 0) is 6.42 Å². The molecule has 0 fully saturated rings. The van der Waals surface area contributed by atoms with Crippen LogP contribution >= 0.6 is 27.5 Å². The number of hydrogen-bond donors (Lipinski definition) is 1. The third-order valence-corrected chi connectivity index (χ3v) is 4.66. The molecule has 3 aromatic rings. The van der Waals surface area contributed by atoms with E-state index < -0.39 is 0 Å². The molecule has 0 aliphatic heterocycles. The minimum Gasteiger partial charge on any atom is -0.495 e. The minimum absolute atomic E-state index is 0.262. The molecule has 0 saturated heterocycles. The van der Waals surface area contributed by atoms with Crippen molar-refractivity contribution in [2.24, 2.45) is 0 Å². The predicted octanol–water partition coefficient (Wildman–Crippen LogP) is 4.88. The van der Waals surface area contributed by atoms with Gasteiger partial charge in [-0.2, -0.15) is 0 Å². The first-order valence-electron chi connectivity index (χ1n) is 7.76. The van der Waals surface area contributed by atoms with Crippen LogP contribution in [-0.4, -0.2) is 22.4 Å². The van der Waals surface area contributed by atoms with Gasteiger partial charge in [-0.15, -0.1) is 0 Å². The SMILES string of the molecule is CCc1nc2c(Br)cc(C)cn2c1C(=O)Nc1cc(Cl)ccc1OC. The molecule has 0 aliphatic carbocycles. The second-order valence-electron chi connectivity index (χ2n) is 5.62. The van der Waals surface area contributed by atoms with E-state index in [9.17, 15) is 4.79 Å². The maximum Gasteiger partial charge on any atom is 0.274 e. The summed E-state index contributed by atoms with van der Waals surface area (Å²) in [5, 5.41) is 3.40. The van der Waals surface area contributed by atoms with E-state index in [4.69, 9.17) is 16.3 Å². The Labute approximate surface area is 159 Å². The zero-order valence-corrected chi connectivity index (χ0v) is 16.4. The van der Waals surface area contributed by atoms with Crippen molar-refractivity contribution >= 4 is 44.8 Å². The Morgan fingerprint density at radius 2 is 2.16 bits per heavy atom. The average Bonchev–Trinajstić information content (AvgIpc) is 2.94. The number of halogens is 2. The molecule has 2 aromatic heterocycles. The fourth-order valence-electron chi connectivity index (χ4n) is 2.73. The molecule has 2 heterocycles. The molecule has 7 heteroatoms. The van der Waals surface area contributed by atoms with E-state index in [-0.39, 0.29) is 5.91 Å². The number of fused-ring (bicyclic) bond motifs is 1. The summed E-state index contributed by atoms with van der Waals surface area (Å²) < 4.78 is 7.96. The van der Waals surface area contributed by atoms with Crippen molar-refractivity contribution in [1.82, 2.24) is 9.38 Å². The van der Waals surface area contributed by atoms with Gasteiger partial charge >= 0.3 is 0 Å². The summed E-state index contributed by atoms with van der Waals surface area (Å²) in [5.41, 5.74) is 3.48. The lowest BCUT2D eigenvalue weighted by Crippen LogP contribution is -2.17. The molecule has 0 atom stereocenters. The topological polar surface area (TPSA) is 55.6 Å². The van der Waals surface area contributed by atoms with Gasteiger partial charge in [0.15, 0.2) is 5.65 Å². The highest BCUT2D eigenvalue weighted by atomic mass is 79.9. The molecule has 0 saturated carbocycles. The number of pyridine rings is 1. The molecular weight excluding hydrogens is 406 g/mol. The number of nitrogens with zero attached hydrogens (tertiary/aromatic N) is 2. The molecule has 3 rings (SSSR count). The largest absolute Gasteiger partial charge is 0.495 e. The number of aromatic nitrogens is 2. The monoisotopic (exact) mass is 421 g/mol. The van der Waals surface area contributed by atoms with Crippen molar-refractivity contribution in [3.05, 3.63) is 56.9 Å². The van der Waals surface area contributed by atoms with Crippen molar-refractivity contribution in [1.29, 1.82) is 0 Å². The maximum absolute atomic E-state index is 13.0. The number of benzene rings is 1. The van der Waals surface area contributed by atoms with Crippen LogP contribution in [0.25, 0.3) is 5.65 Å². The number of anilines is 1. The van der Waals surface area contributed by atoms with E-state index in [0.717, 1.165) is 15.7 Å². The van der Waals surface area contributed by atoms with Crippen molar-refractivity contribution < 1.29 is 9.53 Å². The van der Waals surface area contributed by atoms with E-state index in [1.165, 1.54) is 0 Å². The number of nitrogens with one attached hydrogen (secondary N) is 1. The van der Waals surface area contributed by atoms with Gasteiger partial charge < -0.3 is 10.1 Å². The third-order valence-electron chi connectivity index (χ3n) is 3.84. The number of aryl methyl sites for hydroxylation is 2. The van der Waals surface area contributed by atoms with Gasteiger partial charge in [-0.1, -0.05) is 18.5 Å². The van der Waals surface area contributed by atoms with Crippen LogP contribution in [0, 0.1) is 6.92 Å². The van der Waals surface area contributed by atoms with Gasteiger partial charge in [-0.3, -0.25) is 9.20 Å². The fourth-order valence-corrected chi connectivity index (χ4v) is 3.54. The molecule has 0 aliphatic rings. The van der Waals surface area contributed by atoms with Crippen molar-refractivity contribution in [2.75, 3.05) is 12.4 Å². The Morgan fingerprint density at radius 1 is 1.40 bits per heavy atom. The summed E-state index contributed by atoms with van der Waals surface area (Å²) in [4.78, 5) is 17.6. The Bertz CT molecular complexity index is 969. The normalized spacial score (nSPS) is 10.9. The lowest BCUT2D eigenvalue weighted by Gasteiger charge is -2.11. The summed E-state index contributed by atoms with van der Waals surface area (Å²) >= 11 is 9.57. The van der Waals surface area contributed by atoms with Crippen LogP contribution in [0.5, 0.6) is 5.75 Å². The first-order chi connectivity index (χ1) is 11.9. The number of methoxy groups -OCH3 is 1. The van der Waals surface area contributed by atoms with Gasteiger partial charge in [0.05, 0.1) is 23.0 Å². The lowest BCUT2D eigenvalue weighted by molar-refractivity contribution is 0.102. The van der Waals surface area contributed by atoms with Gasteiger partial charge in [0.1, 0.15) is 11.4 Å². The van der Waals surface area contributed by atoms with E-state index in [1.54, 1.807) is 25.3 Å². The van der Waals surface area contributed by atoms with Gasteiger partial charge in [0.2, 0.25) is 0 Å². The minimum atomic E-state index is -0.262. The number of imidazole rings is 1. The molecule has 130 valence electrons. The highest BCUT2D eigenvalue weighted by Gasteiger charge is 2.21. The summed E-state index contributed by atoms with van der Waals surface area (Å²) in [5.74, 6) is 0.282. The number of rotatable bonds is 4. The number of carbonyl (C=O) groups excluding carboxylic acids is 1. The van der Waals surface area contributed by atoms with Gasteiger partial charge in [0, 0.05) is 11.2 Å². The average molecular weight is 423 g/mol. The quantitative estimate of drug-likeness (QED) is 0.652. The second-order valence-corrected chi connectivity index (χ2v) is 6.91. The van der Waals surface area contributed by atoms with Crippen LogP contribution in [0.15, 0.2) is 34.9 Å². The van der Waals surface area contributed by atoms with Crippen molar-refractivity contribution in [2.45, 2.75) is 20.3 Å². The molecule has 1 N–H and O–H groups in total. The Balaban J connectivity index is 2.10. The Hall–Kier alpha value is -2.05. The summed E-state index contributed by atoms with van der Waals surface area (Å²) in [7, 11) is 1.55. The smallest absolute Gasteiger partial charge is 0.274 e. The van der Waals surface area contributed by atoms with Crippen LogP contribution in [0.4, 0.5) is 5.69 Å². The molecule has 0 radical (unpaired) electrons. The highest BCUT2D eigenvalue weighted by Crippen LogP contribution is 2.29. The maximum atomic E-state index is 13.0. The summed E-state index contributed by atoms with van der Waals surface area (Å²) in [6, 6.07) is 7.06. The van der Waals surface area contributed by atoms with E-state index in [0.29, 0.717) is 34.2 Å². The molecule has 0 spiro atoms. The standard InChI is InChI=1S/C18H17BrClN3O2/c1-4-13-16(23-9-10(2)7-12(19)17(23)21-13)18(24)22-14-8-11(20)5-6-15(14)25-3/h5-9H,4H2,1-3H3,(H,22,24). The van der Waals surface area contributed by atoms with E-state index in [1.807, 2.05) is 30.5 Å². The van der Waals surface area contributed by atoms with Crippen molar-refractivity contribution in [3.8, 4) is 5.75 Å². The Kier molecular flexibility index (Phi) is 5.01. The molecule has 5 nitrogen and oxygen atoms in total. The Morgan fingerprint density at radius 3 is 2.84 bits per heavy atom. The fraction of sp³-hybridized carbons (Fsp3) is 0.222. The molecule has 1 aromatic carbocycles. The van der Waals surface area contributed by atoms with Gasteiger partial charge in [0.25, 0.3) is 5.91 Å². The predicted molar refractivity (Wildman–Crippen MR) is 103 cm³/mol. The first-order valence-corrected chi connectivity index (χ1v) is 8.93. The number of amides is 1. The highest BCUT2D eigenvalue weighted by molar-refractivity contribution is 9.10. The molecule has 0 bridgehead atoms.